The van der Waals surface area contributed by atoms with Crippen LogP contribution in [0.5, 0.6) is 11.5 Å². The molecule has 1 unspecified atom stereocenters. The molecular formula is C20H26N2O4. The van der Waals surface area contributed by atoms with E-state index in [0.29, 0.717) is 11.4 Å². The van der Waals surface area contributed by atoms with E-state index in [2.05, 4.69) is 0 Å². The lowest BCUT2D eigenvalue weighted by molar-refractivity contribution is 0.0458. The Morgan fingerprint density at radius 2 is 1.88 bits per heavy atom. The quantitative estimate of drug-likeness (QED) is 0.680. The van der Waals surface area contributed by atoms with Crippen molar-refractivity contribution in [3.63, 3.8) is 0 Å². The van der Waals surface area contributed by atoms with E-state index in [1.165, 1.54) is 11.0 Å². The molecule has 0 saturated heterocycles. The summed E-state index contributed by atoms with van der Waals surface area (Å²) in [6.07, 6.45) is -1.43. The third kappa shape index (κ3) is 5.58. The first-order chi connectivity index (χ1) is 12.1. The number of nitrogen functional groups attached to an aromatic ring is 1. The Morgan fingerprint density at radius 3 is 2.46 bits per heavy atom. The normalized spacial score (nSPS) is 12.4. The molecule has 0 heterocycles. The molecule has 0 saturated carbocycles. The highest BCUT2D eigenvalue weighted by Gasteiger charge is 2.30. The van der Waals surface area contributed by atoms with Gasteiger partial charge in [0.25, 0.3) is 0 Å². The molecule has 2 rings (SSSR count). The maximum Gasteiger partial charge on any atom is 0.407 e. The summed E-state index contributed by atoms with van der Waals surface area (Å²) in [6, 6.07) is 13.7. The van der Waals surface area contributed by atoms with E-state index in [0.717, 1.165) is 5.56 Å². The van der Waals surface area contributed by atoms with Gasteiger partial charge in [0.15, 0.2) is 0 Å². The van der Waals surface area contributed by atoms with E-state index in [1.54, 1.807) is 36.4 Å². The van der Waals surface area contributed by atoms with Gasteiger partial charge in [-0.3, -0.25) is 0 Å². The number of phenols is 1. The molecule has 1 amide bonds. The summed E-state index contributed by atoms with van der Waals surface area (Å²) < 4.78 is 6.01. The summed E-state index contributed by atoms with van der Waals surface area (Å²) in [4.78, 5) is 13.1. The van der Waals surface area contributed by atoms with Crippen LogP contribution in [0.1, 0.15) is 26.3 Å². The lowest BCUT2D eigenvalue weighted by atomic mass is 9.88. The second kappa shape index (κ2) is 7.99. The van der Waals surface area contributed by atoms with Crippen LogP contribution in [0.2, 0.25) is 0 Å². The zero-order valence-corrected chi connectivity index (χ0v) is 15.3. The van der Waals surface area contributed by atoms with Gasteiger partial charge in [-0.15, -0.1) is 0 Å². The maximum absolute atomic E-state index is 11.8. The molecule has 0 aliphatic carbocycles. The molecule has 6 heteroatoms. The van der Waals surface area contributed by atoms with Gasteiger partial charge in [0.1, 0.15) is 17.6 Å². The number of hydrogen-bond donors (Lipinski definition) is 3. The van der Waals surface area contributed by atoms with E-state index in [1.807, 2.05) is 26.8 Å². The molecular weight excluding hydrogens is 332 g/mol. The molecule has 0 radical (unpaired) electrons. The Morgan fingerprint density at radius 1 is 1.19 bits per heavy atom. The highest BCUT2D eigenvalue weighted by molar-refractivity contribution is 5.65. The third-order valence-electron chi connectivity index (χ3n) is 4.04. The largest absolute Gasteiger partial charge is 0.508 e. The third-order valence-corrected chi connectivity index (χ3v) is 4.04. The van der Waals surface area contributed by atoms with Gasteiger partial charge < -0.3 is 25.6 Å². The van der Waals surface area contributed by atoms with E-state index >= 15 is 0 Å². The Labute approximate surface area is 153 Å². The fourth-order valence-corrected chi connectivity index (χ4v) is 2.53. The van der Waals surface area contributed by atoms with Crippen molar-refractivity contribution in [1.29, 1.82) is 0 Å². The van der Waals surface area contributed by atoms with Gasteiger partial charge in [-0.1, -0.05) is 39.0 Å². The lowest BCUT2D eigenvalue weighted by Gasteiger charge is -2.34. The molecule has 0 bridgehead atoms. The molecule has 6 nitrogen and oxygen atoms in total. The standard InChI is InChI=1S/C20H26N2O4/c1-20(2,3)18(26-17-9-5-8-16(23)11-17)13-22(19(24)25)12-14-6-4-7-15(21)10-14/h4-11,18,23H,12-13,21H2,1-3H3,(H,24,25). The van der Waals surface area contributed by atoms with Gasteiger partial charge in [-0.25, -0.2) is 4.79 Å². The monoisotopic (exact) mass is 358 g/mol. The number of amides is 1. The van der Waals surface area contributed by atoms with Crippen molar-refractivity contribution in [2.24, 2.45) is 5.41 Å². The number of anilines is 1. The highest BCUT2D eigenvalue weighted by Crippen LogP contribution is 2.28. The van der Waals surface area contributed by atoms with E-state index in [9.17, 15) is 15.0 Å². The number of aromatic hydroxyl groups is 1. The van der Waals surface area contributed by atoms with Crippen LogP contribution in [-0.4, -0.2) is 33.9 Å². The molecule has 0 aliphatic rings. The topological polar surface area (TPSA) is 96.0 Å². The summed E-state index contributed by atoms with van der Waals surface area (Å²) in [5.41, 5.74) is 6.88. The summed E-state index contributed by atoms with van der Waals surface area (Å²) in [5.74, 6) is 0.601. The molecule has 0 spiro atoms. The summed E-state index contributed by atoms with van der Waals surface area (Å²) >= 11 is 0. The molecule has 0 aliphatic heterocycles. The van der Waals surface area contributed by atoms with Crippen LogP contribution in [0.3, 0.4) is 0 Å². The second-order valence-corrected chi connectivity index (χ2v) is 7.38. The average Bonchev–Trinajstić information content (AvgIpc) is 2.52. The molecule has 1 atom stereocenters. The number of nitrogens with zero attached hydrogens (tertiary/aromatic N) is 1. The zero-order chi connectivity index (χ0) is 19.3. The first kappa shape index (κ1) is 19.4. The number of rotatable bonds is 6. The zero-order valence-electron chi connectivity index (χ0n) is 15.3. The van der Waals surface area contributed by atoms with Crippen LogP contribution in [0.4, 0.5) is 10.5 Å². The average molecular weight is 358 g/mol. The minimum Gasteiger partial charge on any atom is -0.508 e. The fraction of sp³-hybridized carbons (Fsp3) is 0.350. The van der Waals surface area contributed by atoms with Gasteiger partial charge in [-0.2, -0.15) is 0 Å². The lowest BCUT2D eigenvalue weighted by Crippen LogP contribution is -2.44. The minimum atomic E-state index is -1.03. The number of carbonyl (C=O) groups is 1. The van der Waals surface area contributed by atoms with Crippen molar-refractivity contribution in [2.45, 2.75) is 33.4 Å². The van der Waals surface area contributed by atoms with Gasteiger partial charge in [-0.05, 0) is 29.8 Å². The Balaban J connectivity index is 2.19. The van der Waals surface area contributed by atoms with Crippen molar-refractivity contribution in [1.82, 2.24) is 4.90 Å². The van der Waals surface area contributed by atoms with Crippen molar-refractivity contribution in [3.05, 3.63) is 54.1 Å². The van der Waals surface area contributed by atoms with Gasteiger partial charge in [0.05, 0.1) is 6.54 Å². The molecule has 4 N–H and O–H groups in total. The summed E-state index contributed by atoms with van der Waals surface area (Å²) in [7, 11) is 0. The molecule has 2 aromatic carbocycles. The molecule has 140 valence electrons. The second-order valence-electron chi connectivity index (χ2n) is 7.38. The number of ether oxygens (including phenoxy) is 1. The van der Waals surface area contributed by atoms with Crippen LogP contribution in [-0.2, 0) is 6.54 Å². The van der Waals surface area contributed by atoms with Crippen LogP contribution < -0.4 is 10.5 Å². The SMILES string of the molecule is CC(C)(C)C(CN(Cc1cccc(N)c1)C(=O)O)Oc1cccc(O)c1. The predicted molar refractivity (Wildman–Crippen MR) is 101 cm³/mol. The Kier molecular flexibility index (Phi) is 5.97. The van der Waals surface area contributed by atoms with Crippen molar-refractivity contribution in [3.8, 4) is 11.5 Å². The minimum absolute atomic E-state index is 0.102. The molecule has 0 aromatic heterocycles. The number of phenolic OH excluding ortho intramolecular Hbond substituents is 1. The number of benzene rings is 2. The predicted octanol–water partition coefficient (Wildman–Crippen LogP) is 3.95. The first-order valence-corrected chi connectivity index (χ1v) is 8.43. The summed E-state index contributed by atoms with van der Waals surface area (Å²) in [6.45, 7) is 6.36. The highest BCUT2D eigenvalue weighted by atomic mass is 16.5. The number of nitrogens with two attached hydrogens (primary N) is 1. The van der Waals surface area contributed by atoms with Crippen LogP contribution in [0, 0.1) is 5.41 Å². The Hall–Kier alpha value is -2.89. The molecule has 26 heavy (non-hydrogen) atoms. The molecule has 0 fully saturated rings. The van der Waals surface area contributed by atoms with Crippen molar-refractivity contribution >= 4 is 11.8 Å². The Bertz CT molecular complexity index is 755. The van der Waals surface area contributed by atoms with Crippen LogP contribution >= 0.6 is 0 Å². The van der Waals surface area contributed by atoms with Crippen LogP contribution in [0.15, 0.2) is 48.5 Å². The van der Waals surface area contributed by atoms with Crippen molar-refractivity contribution in [2.75, 3.05) is 12.3 Å². The van der Waals surface area contributed by atoms with Gasteiger partial charge in [0, 0.05) is 23.7 Å². The van der Waals surface area contributed by atoms with Gasteiger partial charge in [0.2, 0.25) is 0 Å². The van der Waals surface area contributed by atoms with E-state index < -0.39 is 12.2 Å². The van der Waals surface area contributed by atoms with Crippen molar-refractivity contribution < 1.29 is 19.7 Å². The van der Waals surface area contributed by atoms with Crippen LogP contribution in [0.25, 0.3) is 0 Å². The number of hydrogen-bond acceptors (Lipinski definition) is 4. The number of carboxylic acid groups (broad SMARTS) is 1. The van der Waals surface area contributed by atoms with E-state index in [-0.39, 0.29) is 24.3 Å². The molecule has 2 aromatic rings. The maximum atomic E-state index is 11.8. The first-order valence-electron chi connectivity index (χ1n) is 8.43. The summed E-state index contributed by atoms with van der Waals surface area (Å²) in [5, 5.41) is 19.3. The van der Waals surface area contributed by atoms with Gasteiger partial charge >= 0.3 is 6.09 Å². The fourth-order valence-electron chi connectivity index (χ4n) is 2.53. The smallest absolute Gasteiger partial charge is 0.407 e. The van der Waals surface area contributed by atoms with E-state index in [4.69, 9.17) is 10.5 Å².